The van der Waals surface area contributed by atoms with E-state index in [9.17, 15) is 4.79 Å². The molecule has 0 atom stereocenters. The van der Waals surface area contributed by atoms with Crippen LogP contribution < -0.4 is 11.1 Å². The predicted octanol–water partition coefficient (Wildman–Crippen LogP) is 2.18. The molecule has 1 aromatic carbocycles. The summed E-state index contributed by atoms with van der Waals surface area (Å²) < 4.78 is 0. The Morgan fingerprint density at radius 2 is 2.20 bits per heavy atom. The molecule has 20 heavy (non-hydrogen) atoms. The summed E-state index contributed by atoms with van der Waals surface area (Å²) in [5.74, 6) is 6.93. The first-order chi connectivity index (χ1) is 9.70. The molecular weight excluding hydrogens is 268 g/mol. The van der Waals surface area contributed by atoms with Gasteiger partial charge < -0.3 is 11.1 Å². The number of hydrogen-bond donors (Lipinski definition) is 2. The van der Waals surface area contributed by atoms with Crippen molar-refractivity contribution in [2.24, 2.45) is 5.73 Å². The van der Waals surface area contributed by atoms with Crippen molar-refractivity contribution in [2.75, 3.05) is 25.1 Å². The fourth-order valence-electron chi connectivity index (χ4n) is 1.83. The van der Waals surface area contributed by atoms with Gasteiger partial charge in [0.15, 0.2) is 0 Å². The summed E-state index contributed by atoms with van der Waals surface area (Å²) in [5, 5.41) is 2.96. The van der Waals surface area contributed by atoms with Crippen molar-refractivity contribution < 1.29 is 4.79 Å². The number of unbranched alkanes of at least 4 members (excludes halogenated alkanes) is 1. The van der Waals surface area contributed by atoms with Gasteiger partial charge in [-0.25, -0.2) is 0 Å². The van der Waals surface area contributed by atoms with Gasteiger partial charge in [0.05, 0.1) is 6.54 Å². The summed E-state index contributed by atoms with van der Waals surface area (Å²) in [6, 6.07) is 5.60. The highest BCUT2D eigenvalue weighted by atomic mass is 32.2. The molecule has 0 aliphatic heterocycles. The molecule has 0 aliphatic rings. The molecule has 0 radical (unpaired) electrons. The number of thioether (sulfide) groups is 1. The van der Waals surface area contributed by atoms with Crippen molar-refractivity contribution >= 4 is 17.7 Å². The predicted molar refractivity (Wildman–Crippen MR) is 87.1 cm³/mol. The van der Waals surface area contributed by atoms with Crippen molar-refractivity contribution in [3.05, 3.63) is 34.9 Å². The van der Waals surface area contributed by atoms with Gasteiger partial charge >= 0.3 is 0 Å². The van der Waals surface area contributed by atoms with Crippen molar-refractivity contribution in [3.8, 4) is 11.8 Å². The lowest BCUT2D eigenvalue weighted by atomic mass is 10.0. The zero-order valence-electron chi connectivity index (χ0n) is 12.2. The quantitative estimate of drug-likeness (QED) is 0.624. The Balaban J connectivity index is 2.64. The zero-order chi connectivity index (χ0) is 14.8. The van der Waals surface area contributed by atoms with Gasteiger partial charge in [-0.1, -0.05) is 17.9 Å². The Bertz CT molecular complexity index is 503. The molecular formula is C16H22N2OS. The van der Waals surface area contributed by atoms with E-state index in [0.717, 1.165) is 36.3 Å². The number of rotatable bonds is 6. The Morgan fingerprint density at radius 3 is 2.90 bits per heavy atom. The van der Waals surface area contributed by atoms with E-state index >= 15 is 0 Å². The SMILES string of the molecule is CSCCCCNC(=O)c1cccc(C#CCN)c1C. The number of carbonyl (C=O) groups is 1. The summed E-state index contributed by atoms with van der Waals surface area (Å²) in [5.41, 5.74) is 7.85. The van der Waals surface area contributed by atoms with Crippen molar-refractivity contribution in [2.45, 2.75) is 19.8 Å². The Hall–Kier alpha value is -1.44. The van der Waals surface area contributed by atoms with Gasteiger partial charge in [0.1, 0.15) is 0 Å². The second-order valence-corrected chi connectivity index (χ2v) is 5.43. The average Bonchev–Trinajstić information content (AvgIpc) is 2.46. The molecule has 0 unspecified atom stereocenters. The van der Waals surface area contributed by atoms with E-state index in [1.807, 2.05) is 36.9 Å². The van der Waals surface area contributed by atoms with E-state index in [1.54, 1.807) is 0 Å². The van der Waals surface area contributed by atoms with Gasteiger partial charge in [0, 0.05) is 17.7 Å². The number of amides is 1. The van der Waals surface area contributed by atoms with E-state index in [4.69, 9.17) is 5.73 Å². The molecule has 0 saturated heterocycles. The normalized spacial score (nSPS) is 9.75. The summed E-state index contributed by atoms with van der Waals surface area (Å²) in [6.45, 7) is 2.96. The minimum atomic E-state index is -0.0250. The zero-order valence-corrected chi connectivity index (χ0v) is 13.0. The van der Waals surface area contributed by atoms with E-state index in [-0.39, 0.29) is 5.91 Å². The van der Waals surface area contributed by atoms with E-state index in [0.29, 0.717) is 12.1 Å². The maximum Gasteiger partial charge on any atom is 0.251 e. The number of nitrogens with one attached hydrogen (secondary N) is 1. The molecule has 0 bridgehead atoms. The third-order valence-electron chi connectivity index (χ3n) is 2.96. The Morgan fingerprint density at radius 1 is 1.40 bits per heavy atom. The van der Waals surface area contributed by atoms with Crippen LogP contribution in [0.5, 0.6) is 0 Å². The van der Waals surface area contributed by atoms with Crippen LogP contribution >= 0.6 is 11.8 Å². The van der Waals surface area contributed by atoms with Crippen LogP contribution in [0.4, 0.5) is 0 Å². The molecule has 0 spiro atoms. The van der Waals surface area contributed by atoms with Crippen LogP contribution in [-0.2, 0) is 0 Å². The Kier molecular flexibility index (Phi) is 7.86. The van der Waals surface area contributed by atoms with E-state index in [1.165, 1.54) is 0 Å². The summed E-state index contributed by atoms with van der Waals surface area (Å²) >= 11 is 1.83. The van der Waals surface area contributed by atoms with E-state index in [2.05, 4.69) is 23.4 Å². The fourth-order valence-corrected chi connectivity index (χ4v) is 2.32. The molecule has 0 fully saturated rings. The van der Waals surface area contributed by atoms with Gasteiger partial charge in [-0.15, -0.1) is 0 Å². The van der Waals surface area contributed by atoms with Crippen LogP contribution in [0, 0.1) is 18.8 Å². The molecule has 0 heterocycles. The molecule has 1 amide bonds. The van der Waals surface area contributed by atoms with Crippen molar-refractivity contribution in [3.63, 3.8) is 0 Å². The number of carbonyl (C=O) groups excluding carboxylic acids is 1. The molecule has 0 aliphatic carbocycles. The minimum Gasteiger partial charge on any atom is -0.352 e. The van der Waals surface area contributed by atoms with Crippen LogP contribution in [0.25, 0.3) is 0 Å². The van der Waals surface area contributed by atoms with Gasteiger partial charge in [-0.3, -0.25) is 4.79 Å². The van der Waals surface area contributed by atoms with Gasteiger partial charge in [-0.2, -0.15) is 11.8 Å². The number of nitrogens with two attached hydrogens (primary N) is 1. The number of hydrogen-bond acceptors (Lipinski definition) is 3. The Labute approximate surface area is 125 Å². The van der Waals surface area contributed by atoms with Crippen LogP contribution in [0.3, 0.4) is 0 Å². The van der Waals surface area contributed by atoms with Crippen LogP contribution in [0.1, 0.15) is 34.3 Å². The third kappa shape index (κ3) is 5.28. The molecule has 108 valence electrons. The molecule has 3 nitrogen and oxygen atoms in total. The van der Waals surface area contributed by atoms with Crippen molar-refractivity contribution in [1.29, 1.82) is 0 Å². The number of benzene rings is 1. The minimum absolute atomic E-state index is 0.0250. The summed E-state index contributed by atoms with van der Waals surface area (Å²) in [7, 11) is 0. The molecule has 1 rings (SSSR count). The van der Waals surface area contributed by atoms with Crippen LogP contribution in [0.2, 0.25) is 0 Å². The second-order valence-electron chi connectivity index (χ2n) is 4.44. The summed E-state index contributed by atoms with van der Waals surface area (Å²) in [6.07, 6.45) is 4.23. The van der Waals surface area contributed by atoms with E-state index < -0.39 is 0 Å². The maximum atomic E-state index is 12.1. The third-order valence-corrected chi connectivity index (χ3v) is 3.66. The molecule has 3 N–H and O–H groups in total. The first-order valence-corrected chi connectivity index (χ1v) is 8.15. The van der Waals surface area contributed by atoms with Crippen LogP contribution in [-0.4, -0.2) is 31.0 Å². The molecule has 4 heteroatoms. The maximum absolute atomic E-state index is 12.1. The first-order valence-electron chi connectivity index (χ1n) is 6.76. The van der Waals surface area contributed by atoms with Crippen molar-refractivity contribution in [1.82, 2.24) is 5.32 Å². The molecule has 1 aromatic rings. The highest BCUT2D eigenvalue weighted by Gasteiger charge is 2.09. The van der Waals surface area contributed by atoms with Gasteiger partial charge in [0.2, 0.25) is 0 Å². The second kappa shape index (κ2) is 9.46. The topological polar surface area (TPSA) is 55.1 Å². The fraction of sp³-hybridized carbons (Fsp3) is 0.438. The average molecular weight is 290 g/mol. The monoisotopic (exact) mass is 290 g/mol. The highest BCUT2D eigenvalue weighted by Crippen LogP contribution is 2.12. The smallest absolute Gasteiger partial charge is 0.251 e. The summed E-state index contributed by atoms with van der Waals surface area (Å²) in [4.78, 5) is 12.1. The van der Waals surface area contributed by atoms with Crippen LogP contribution in [0.15, 0.2) is 18.2 Å². The first kappa shape index (κ1) is 16.6. The lowest BCUT2D eigenvalue weighted by Gasteiger charge is -2.09. The largest absolute Gasteiger partial charge is 0.352 e. The molecule has 0 aromatic heterocycles. The standard InChI is InChI=1S/C16H22N2OS/c1-13-14(8-6-10-17)7-5-9-15(13)16(19)18-11-3-4-12-20-2/h5,7,9H,3-4,10-12,17H2,1-2H3,(H,18,19). The highest BCUT2D eigenvalue weighted by molar-refractivity contribution is 7.98. The van der Waals surface area contributed by atoms with Gasteiger partial charge in [0.25, 0.3) is 5.91 Å². The lowest BCUT2D eigenvalue weighted by Crippen LogP contribution is -2.25. The lowest BCUT2D eigenvalue weighted by molar-refractivity contribution is 0.0952. The molecule has 0 saturated carbocycles. The van der Waals surface area contributed by atoms with Gasteiger partial charge in [-0.05, 0) is 49.5 Å².